The minimum Gasteiger partial charge on any atom is -0.342 e. The number of aryl methyl sites for hydroxylation is 2. The highest BCUT2D eigenvalue weighted by Crippen LogP contribution is 2.27. The Morgan fingerprint density at radius 3 is 3.00 bits per heavy atom. The number of carbonyl (C=O) groups is 1. The molecule has 1 aliphatic heterocycles. The van der Waals surface area contributed by atoms with Crippen LogP contribution in [0.25, 0.3) is 11.0 Å². The lowest BCUT2D eigenvalue weighted by molar-refractivity contribution is 0.0702. The van der Waals surface area contributed by atoms with E-state index in [0.29, 0.717) is 13.1 Å². The van der Waals surface area contributed by atoms with Crippen LogP contribution in [0.4, 0.5) is 0 Å². The lowest BCUT2D eigenvalue weighted by Crippen LogP contribution is -2.42. The summed E-state index contributed by atoms with van der Waals surface area (Å²) in [6, 6.07) is 9.50. The van der Waals surface area contributed by atoms with Crippen molar-refractivity contribution in [2.45, 2.75) is 25.7 Å². The number of nitrogens with zero attached hydrogens (tertiary/aromatic N) is 3. The topological polar surface area (TPSA) is 71.0 Å². The van der Waals surface area contributed by atoms with Crippen LogP contribution in [0.1, 0.15) is 40.5 Å². The number of hydrogen-bond acceptors (Lipinski definition) is 3. The van der Waals surface area contributed by atoms with E-state index in [-0.39, 0.29) is 22.9 Å². The fourth-order valence-electron chi connectivity index (χ4n) is 3.65. The second kappa shape index (κ2) is 6.44. The van der Waals surface area contributed by atoms with Crippen molar-refractivity contribution in [2.75, 3.05) is 13.1 Å². The van der Waals surface area contributed by atoms with E-state index in [9.17, 15) is 9.59 Å². The lowest BCUT2D eigenvalue weighted by atomic mass is 9.97. The van der Waals surface area contributed by atoms with E-state index < -0.39 is 0 Å². The van der Waals surface area contributed by atoms with E-state index in [4.69, 9.17) is 4.98 Å². The Bertz CT molecular complexity index is 1030. The average molecular weight is 350 g/mol. The van der Waals surface area contributed by atoms with Crippen molar-refractivity contribution in [3.05, 3.63) is 63.8 Å². The van der Waals surface area contributed by atoms with Gasteiger partial charge in [0.1, 0.15) is 11.4 Å². The van der Waals surface area contributed by atoms with E-state index >= 15 is 0 Å². The fraction of sp³-hybridized carbons (Fsp3) is 0.350. The van der Waals surface area contributed by atoms with Gasteiger partial charge >= 0.3 is 0 Å². The molecule has 3 aromatic rings. The molecule has 0 radical (unpaired) electrons. The van der Waals surface area contributed by atoms with Crippen LogP contribution in [-0.4, -0.2) is 38.4 Å². The van der Waals surface area contributed by atoms with Crippen molar-refractivity contribution in [3.63, 3.8) is 0 Å². The molecule has 2 aromatic heterocycles. The van der Waals surface area contributed by atoms with Gasteiger partial charge in [0.2, 0.25) is 0 Å². The number of aromatic nitrogens is 3. The molecule has 1 aromatic carbocycles. The third kappa shape index (κ3) is 2.92. The predicted octanol–water partition coefficient (Wildman–Crippen LogP) is 2.59. The van der Waals surface area contributed by atoms with E-state index in [1.807, 2.05) is 6.07 Å². The van der Waals surface area contributed by atoms with Gasteiger partial charge in [0, 0.05) is 32.3 Å². The minimum atomic E-state index is -0.251. The molecule has 1 saturated heterocycles. The maximum atomic E-state index is 12.8. The second-order valence-corrected chi connectivity index (χ2v) is 7.07. The van der Waals surface area contributed by atoms with E-state index in [2.05, 4.69) is 24.0 Å². The number of imidazole rings is 1. The Morgan fingerprint density at radius 1 is 1.31 bits per heavy atom. The highest BCUT2D eigenvalue weighted by molar-refractivity contribution is 5.94. The van der Waals surface area contributed by atoms with Crippen LogP contribution in [-0.2, 0) is 7.05 Å². The number of fused-ring (bicyclic) bond motifs is 1. The predicted molar refractivity (Wildman–Crippen MR) is 100 cm³/mol. The fourth-order valence-corrected chi connectivity index (χ4v) is 3.65. The average Bonchev–Trinajstić information content (AvgIpc) is 3.07. The van der Waals surface area contributed by atoms with Crippen LogP contribution in [0.2, 0.25) is 0 Å². The van der Waals surface area contributed by atoms with Gasteiger partial charge in [-0.1, -0.05) is 6.07 Å². The summed E-state index contributed by atoms with van der Waals surface area (Å²) in [5.41, 5.74) is 3.15. The number of H-pyrrole nitrogens is 1. The molecule has 1 fully saturated rings. The second-order valence-electron chi connectivity index (χ2n) is 7.07. The zero-order chi connectivity index (χ0) is 18.3. The van der Waals surface area contributed by atoms with Gasteiger partial charge < -0.3 is 14.5 Å². The van der Waals surface area contributed by atoms with Crippen molar-refractivity contribution in [3.8, 4) is 0 Å². The van der Waals surface area contributed by atoms with Crippen molar-refractivity contribution in [2.24, 2.45) is 7.05 Å². The van der Waals surface area contributed by atoms with Gasteiger partial charge in [-0.2, -0.15) is 0 Å². The van der Waals surface area contributed by atoms with Gasteiger partial charge in [-0.3, -0.25) is 9.59 Å². The largest absolute Gasteiger partial charge is 0.342 e. The van der Waals surface area contributed by atoms with Gasteiger partial charge in [-0.05, 0) is 49.6 Å². The monoisotopic (exact) mass is 350 g/mol. The Labute approximate surface area is 151 Å². The Kier molecular flexibility index (Phi) is 4.11. The first-order chi connectivity index (χ1) is 12.5. The molecule has 26 heavy (non-hydrogen) atoms. The summed E-state index contributed by atoms with van der Waals surface area (Å²) in [6.45, 7) is 3.31. The zero-order valence-corrected chi connectivity index (χ0v) is 15.0. The van der Waals surface area contributed by atoms with Crippen molar-refractivity contribution in [1.82, 2.24) is 19.4 Å². The zero-order valence-electron chi connectivity index (χ0n) is 15.0. The summed E-state index contributed by atoms with van der Waals surface area (Å²) in [5.74, 6) is 0.889. The molecule has 1 unspecified atom stereocenters. The van der Waals surface area contributed by atoms with Crippen LogP contribution in [0, 0.1) is 6.92 Å². The van der Waals surface area contributed by atoms with Gasteiger partial charge in [-0.15, -0.1) is 0 Å². The number of benzene rings is 1. The molecule has 6 nitrogen and oxygen atoms in total. The molecule has 4 rings (SSSR count). The maximum absolute atomic E-state index is 12.8. The molecule has 0 bridgehead atoms. The molecule has 1 aliphatic rings. The summed E-state index contributed by atoms with van der Waals surface area (Å²) < 4.78 is 1.44. The number of rotatable bonds is 2. The molecule has 3 heterocycles. The number of nitrogens with one attached hydrogen (secondary N) is 1. The quantitative estimate of drug-likeness (QED) is 0.772. The van der Waals surface area contributed by atoms with Crippen LogP contribution in [0.5, 0.6) is 0 Å². The summed E-state index contributed by atoms with van der Waals surface area (Å²) in [6.07, 6.45) is 3.55. The highest BCUT2D eigenvalue weighted by Gasteiger charge is 2.28. The highest BCUT2D eigenvalue weighted by atomic mass is 16.2. The number of hydrogen-bond donors (Lipinski definition) is 1. The summed E-state index contributed by atoms with van der Waals surface area (Å²) in [4.78, 5) is 35.0. The number of piperidine rings is 1. The van der Waals surface area contributed by atoms with Gasteiger partial charge in [-0.25, -0.2) is 4.98 Å². The number of pyridine rings is 1. The van der Waals surface area contributed by atoms with Crippen LogP contribution in [0.15, 0.2) is 41.3 Å². The van der Waals surface area contributed by atoms with Crippen molar-refractivity contribution >= 4 is 16.9 Å². The molecule has 1 amide bonds. The van der Waals surface area contributed by atoms with Crippen molar-refractivity contribution < 1.29 is 4.79 Å². The van der Waals surface area contributed by atoms with Gasteiger partial charge in [0.05, 0.1) is 11.0 Å². The molecular weight excluding hydrogens is 328 g/mol. The molecule has 0 saturated carbocycles. The van der Waals surface area contributed by atoms with E-state index in [1.165, 1.54) is 10.1 Å². The summed E-state index contributed by atoms with van der Waals surface area (Å²) in [7, 11) is 1.66. The van der Waals surface area contributed by atoms with Crippen LogP contribution >= 0.6 is 0 Å². The number of aromatic amines is 1. The molecule has 1 atom stereocenters. The lowest BCUT2D eigenvalue weighted by Gasteiger charge is -2.31. The first kappa shape index (κ1) is 16.6. The maximum Gasteiger partial charge on any atom is 0.263 e. The number of likely N-dealkylation sites (tertiary alicyclic amines) is 1. The third-order valence-corrected chi connectivity index (χ3v) is 5.10. The molecule has 0 aliphatic carbocycles. The Balaban J connectivity index is 1.59. The Hall–Kier alpha value is -2.89. The molecule has 1 N–H and O–H groups in total. The van der Waals surface area contributed by atoms with Crippen molar-refractivity contribution in [1.29, 1.82) is 0 Å². The Morgan fingerprint density at radius 2 is 2.15 bits per heavy atom. The molecular formula is C20H22N4O2. The van der Waals surface area contributed by atoms with E-state index in [0.717, 1.165) is 29.7 Å². The first-order valence-corrected chi connectivity index (χ1v) is 8.94. The standard InChI is InChI=1S/C20H22N4O2/c1-13-7-8-16-17(11-13)22-18(21-16)14-5-3-10-24(12-14)20(26)15-6-4-9-23(2)19(15)25/h4,6-9,11,14H,3,5,10,12H2,1-2H3,(H,21,22). The van der Waals surface area contributed by atoms with Crippen LogP contribution in [0.3, 0.4) is 0 Å². The van der Waals surface area contributed by atoms with Crippen LogP contribution < -0.4 is 5.56 Å². The molecule has 6 heteroatoms. The minimum absolute atomic E-state index is 0.160. The first-order valence-electron chi connectivity index (χ1n) is 8.94. The third-order valence-electron chi connectivity index (χ3n) is 5.10. The number of carbonyl (C=O) groups excluding carboxylic acids is 1. The smallest absolute Gasteiger partial charge is 0.263 e. The normalized spacial score (nSPS) is 17.6. The van der Waals surface area contributed by atoms with Gasteiger partial charge in [0.15, 0.2) is 0 Å². The van der Waals surface area contributed by atoms with Gasteiger partial charge in [0.25, 0.3) is 11.5 Å². The van der Waals surface area contributed by atoms with E-state index in [1.54, 1.807) is 30.3 Å². The summed E-state index contributed by atoms with van der Waals surface area (Å²) in [5, 5.41) is 0. The molecule has 0 spiro atoms. The molecule has 134 valence electrons. The summed E-state index contributed by atoms with van der Waals surface area (Å²) >= 11 is 0. The number of amides is 1. The SMILES string of the molecule is Cc1ccc2nc(C3CCCN(C(=O)c4cccn(C)c4=O)C3)[nH]c2c1.